The quantitative estimate of drug-likeness (QED) is 0.669. The summed E-state index contributed by atoms with van der Waals surface area (Å²) < 4.78 is 38.3. The molecule has 0 atom stereocenters. The molecule has 4 rings (SSSR count). The van der Waals surface area contributed by atoms with Crippen LogP contribution in [0.3, 0.4) is 0 Å². The summed E-state index contributed by atoms with van der Waals surface area (Å²) in [7, 11) is -3.76. The number of rotatable bonds is 5. The van der Waals surface area contributed by atoms with Crippen molar-refractivity contribution in [3.8, 4) is 11.5 Å². The maximum atomic E-state index is 12.5. The van der Waals surface area contributed by atoms with Gasteiger partial charge in [0.2, 0.25) is 0 Å². The number of anilines is 2. The lowest BCUT2D eigenvalue weighted by molar-refractivity contribution is 0.102. The Kier molecular flexibility index (Phi) is 5.05. The lowest BCUT2D eigenvalue weighted by atomic mass is 10.2. The van der Waals surface area contributed by atoms with Crippen LogP contribution in [0.25, 0.3) is 0 Å². The Morgan fingerprint density at radius 1 is 0.862 bits per heavy atom. The highest BCUT2D eigenvalue weighted by atomic mass is 32.2. The maximum Gasteiger partial charge on any atom is 0.261 e. The van der Waals surface area contributed by atoms with E-state index in [0.29, 0.717) is 41.7 Å². The van der Waals surface area contributed by atoms with Crippen LogP contribution < -0.4 is 19.5 Å². The molecule has 1 amide bonds. The van der Waals surface area contributed by atoms with Crippen LogP contribution >= 0.6 is 0 Å². The molecule has 2 aromatic carbocycles. The Bertz CT molecular complexity index is 1130. The molecule has 0 saturated carbocycles. The van der Waals surface area contributed by atoms with Gasteiger partial charge in [-0.25, -0.2) is 8.42 Å². The van der Waals surface area contributed by atoms with Crippen molar-refractivity contribution >= 4 is 27.3 Å². The minimum Gasteiger partial charge on any atom is -0.486 e. The van der Waals surface area contributed by atoms with E-state index in [1.807, 2.05) is 0 Å². The maximum absolute atomic E-state index is 12.5. The lowest BCUT2D eigenvalue weighted by Crippen LogP contribution is -2.17. The first-order valence-electron chi connectivity index (χ1n) is 8.75. The number of nitrogens with one attached hydrogen (secondary N) is 2. The zero-order chi connectivity index (χ0) is 20.3. The van der Waals surface area contributed by atoms with Crippen LogP contribution in [0.4, 0.5) is 11.4 Å². The van der Waals surface area contributed by atoms with Crippen LogP contribution in [-0.4, -0.2) is 32.5 Å². The van der Waals surface area contributed by atoms with Crippen LogP contribution in [0, 0.1) is 0 Å². The molecule has 29 heavy (non-hydrogen) atoms. The molecule has 1 aromatic heterocycles. The summed E-state index contributed by atoms with van der Waals surface area (Å²) >= 11 is 0. The van der Waals surface area contributed by atoms with Crippen molar-refractivity contribution in [1.29, 1.82) is 0 Å². The molecule has 1 aliphatic rings. The number of aromatic nitrogens is 1. The second kappa shape index (κ2) is 7.80. The zero-order valence-electron chi connectivity index (χ0n) is 15.2. The summed E-state index contributed by atoms with van der Waals surface area (Å²) in [6.07, 6.45) is 2.98. The molecule has 3 aromatic rings. The van der Waals surface area contributed by atoms with E-state index in [-0.39, 0.29) is 10.8 Å². The van der Waals surface area contributed by atoms with E-state index in [1.54, 1.807) is 30.3 Å². The van der Waals surface area contributed by atoms with E-state index in [1.165, 1.54) is 36.7 Å². The fourth-order valence-corrected chi connectivity index (χ4v) is 3.80. The molecule has 0 saturated heterocycles. The van der Waals surface area contributed by atoms with Crippen molar-refractivity contribution in [3.05, 3.63) is 72.6 Å². The van der Waals surface area contributed by atoms with Crippen molar-refractivity contribution in [2.45, 2.75) is 4.90 Å². The number of fused-ring (bicyclic) bond motifs is 1. The highest BCUT2D eigenvalue weighted by Gasteiger charge is 2.16. The lowest BCUT2D eigenvalue weighted by Gasteiger charge is -2.19. The first-order valence-corrected chi connectivity index (χ1v) is 10.2. The van der Waals surface area contributed by atoms with Gasteiger partial charge in [0.15, 0.2) is 11.5 Å². The van der Waals surface area contributed by atoms with Crippen molar-refractivity contribution in [2.24, 2.45) is 0 Å². The van der Waals surface area contributed by atoms with E-state index in [4.69, 9.17) is 9.47 Å². The molecular weight excluding hydrogens is 394 g/mol. The van der Waals surface area contributed by atoms with Gasteiger partial charge in [-0.15, -0.1) is 0 Å². The SMILES string of the molecule is O=C(Nc1ccc2c(c1)OCCO2)c1ccc(S(=O)(=O)Nc2ccncc2)cc1. The Morgan fingerprint density at radius 3 is 2.28 bits per heavy atom. The number of pyridine rings is 1. The molecule has 0 bridgehead atoms. The molecule has 0 aliphatic carbocycles. The molecular formula is C20H17N3O5S. The number of carbonyl (C=O) groups excluding carboxylic acids is 1. The van der Waals surface area contributed by atoms with Gasteiger partial charge < -0.3 is 14.8 Å². The third-order valence-electron chi connectivity index (χ3n) is 4.16. The summed E-state index contributed by atoms with van der Waals surface area (Å²) in [6.45, 7) is 0.942. The van der Waals surface area contributed by atoms with Crippen LogP contribution in [0.15, 0.2) is 71.9 Å². The normalized spacial score (nSPS) is 12.8. The number of hydrogen-bond acceptors (Lipinski definition) is 6. The molecule has 2 N–H and O–H groups in total. The predicted molar refractivity (Wildman–Crippen MR) is 107 cm³/mol. The third kappa shape index (κ3) is 4.30. The number of sulfonamides is 1. The van der Waals surface area contributed by atoms with Gasteiger partial charge in [0.1, 0.15) is 13.2 Å². The number of hydrogen-bond donors (Lipinski definition) is 2. The summed E-state index contributed by atoms with van der Waals surface area (Å²) in [5.41, 5.74) is 1.28. The Labute approximate surface area is 167 Å². The third-order valence-corrected chi connectivity index (χ3v) is 5.56. The van der Waals surface area contributed by atoms with Gasteiger partial charge in [0, 0.05) is 29.7 Å². The summed E-state index contributed by atoms with van der Waals surface area (Å²) in [5.74, 6) is 0.830. The second-order valence-electron chi connectivity index (χ2n) is 6.18. The van der Waals surface area contributed by atoms with Crippen LogP contribution in [0.2, 0.25) is 0 Å². The predicted octanol–water partition coefficient (Wildman–Crippen LogP) is 2.91. The Morgan fingerprint density at radius 2 is 1.55 bits per heavy atom. The molecule has 0 unspecified atom stereocenters. The van der Waals surface area contributed by atoms with Crippen molar-refractivity contribution < 1.29 is 22.7 Å². The highest BCUT2D eigenvalue weighted by Crippen LogP contribution is 2.32. The van der Waals surface area contributed by atoms with E-state index in [2.05, 4.69) is 15.0 Å². The van der Waals surface area contributed by atoms with Crippen LogP contribution in [-0.2, 0) is 10.0 Å². The van der Waals surface area contributed by atoms with E-state index in [0.717, 1.165) is 0 Å². The summed E-state index contributed by atoms with van der Waals surface area (Å²) in [5, 5.41) is 2.76. The van der Waals surface area contributed by atoms with Gasteiger partial charge in [-0.1, -0.05) is 0 Å². The van der Waals surface area contributed by atoms with Crippen molar-refractivity contribution in [3.63, 3.8) is 0 Å². The average Bonchev–Trinajstić information content (AvgIpc) is 2.74. The fraction of sp³-hybridized carbons (Fsp3) is 0.100. The number of ether oxygens (including phenoxy) is 2. The molecule has 9 heteroatoms. The summed E-state index contributed by atoms with van der Waals surface area (Å²) in [6, 6.07) is 13.9. The standard InChI is InChI=1S/C20H17N3O5S/c24-20(22-16-3-6-18-19(13-16)28-12-11-27-18)14-1-4-17(5-2-14)29(25,26)23-15-7-9-21-10-8-15/h1-10,13H,11-12H2,(H,21,23)(H,22,24). The number of benzene rings is 2. The van der Waals surface area contributed by atoms with Crippen molar-refractivity contribution in [2.75, 3.05) is 23.3 Å². The number of nitrogens with zero attached hydrogens (tertiary/aromatic N) is 1. The smallest absolute Gasteiger partial charge is 0.261 e. The first kappa shape index (κ1) is 18.8. The molecule has 2 heterocycles. The van der Waals surface area contributed by atoms with E-state index in [9.17, 15) is 13.2 Å². The second-order valence-corrected chi connectivity index (χ2v) is 7.86. The van der Waals surface area contributed by atoms with Crippen LogP contribution in [0.1, 0.15) is 10.4 Å². The molecule has 0 radical (unpaired) electrons. The van der Waals surface area contributed by atoms with E-state index < -0.39 is 10.0 Å². The molecule has 148 valence electrons. The molecule has 1 aliphatic heterocycles. The Hall–Kier alpha value is -3.59. The van der Waals surface area contributed by atoms with Gasteiger partial charge in [-0.05, 0) is 48.5 Å². The van der Waals surface area contributed by atoms with Gasteiger partial charge in [0.05, 0.1) is 10.6 Å². The number of amides is 1. The minimum atomic E-state index is -3.76. The molecule has 8 nitrogen and oxygen atoms in total. The largest absolute Gasteiger partial charge is 0.486 e. The average molecular weight is 411 g/mol. The topological polar surface area (TPSA) is 107 Å². The van der Waals surface area contributed by atoms with Gasteiger partial charge in [-0.3, -0.25) is 14.5 Å². The van der Waals surface area contributed by atoms with Crippen molar-refractivity contribution in [1.82, 2.24) is 4.98 Å². The fourth-order valence-electron chi connectivity index (χ4n) is 2.74. The Balaban J connectivity index is 1.46. The minimum absolute atomic E-state index is 0.0465. The number of carbonyl (C=O) groups is 1. The molecule has 0 spiro atoms. The van der Waals surface area contributed by atoms with Gasteiger partial charge >= 0.3 is 0 Å². The highest BCUT2D eigenvalue weighted by molar-refractivity contribution is 7.92. The first-order chi connectivity index (χ1) is 14.0. The monoisotopic (exact) mass is 411 g/mol. The molecule has 0 fully saturated rings. The summed E-state index contributed by atoms with van der Waals surface area (Å²) in [4.78, 5) is 16.4. The van der Waals surface area contributed by atoms with Gasteiger partial charge in [0.25, 0.3) is 15.9 Å². The van der Waals surface area contributed by atoms with Gasteiger partial charge in [-0.2, -0.15) is 0 Å². The van der Waals surface area contributed by atoms with Crippen LogP contribution in [0.5, 0.6) is 11.5 Å². The zero-order valence-corrected chi connectivity index (χ0v) is 16.0. The van der Waals surface area contributed by atoms with E-state index >= 15 is 0 Å².